The first-order chi connectivity index (χ1) is 14.1. The van der Waals surface area contributed by atoms with Gasteiger partial charge in [0, 0.05) is 12.6 Å². The summed E-state index contributed by atoms with van der Waals surface area (Å²) in [6.45, 7) is 2.71. The van der Waals surface area contributed by atoms with E-state index in [0.29, 0.717) is 6.54 Å². The number of hydrogen-bond donors (Lipinski definition) is 0. The highest BCUT2D eigenvalue weighted by atomic mass is 16.2. The van der Waals surface area contributed by atoms with E-state index in [1.165, 1.54) is 12.8 Å². The molecule has 2 aromatic rings. The van der Waals surface area contributed by atoms with Crippen molar-refractivity contribution in [2.24, 2.45) is 0 Å². The van der Waals surface area contributed by atoms with Gasteiger partial charge in [0.1, 0.15) is 12.6 Å². The summed E-state index contributed by atoms with van der Waals surface area (Å²) in [6, 6.07) is 17.7. The normalized spacial score (nSPS) is 21.3. The van der Waals surface area contributed by atoms with Crippen molar-refractivity contribution in [3.63, 3.8) is 0 Å². The molecule has 2 aromatic carbocycles. The highest BCUT2D eigenvalue weighted by Gasteiger charge is 2.42. The number of carbonyl (C=O) groups is 2. The van der Waals surface area contributed by atoms with Gasteiger partial charge in [-0.1, -0.05) is 85.8 Å². The van der Waals surface area contributed by atoms with Crippen LogP contribution in [0.2, 0.25) is 0 Å². The molecule has 1 heterocycles. The molecule has 1 saturated carbocycles. The van der Waals surface area contributed by atoms with Crippen molar-refractivity contribution in [2.75, 3.05) is 6.54 Å². The molecule has 0 bridgehead atoms. The standard InChI is InChI=1S/C25H30N2O2/c1-19-13-15-21(16-14-19)24-25(29)26(22-11-7-2-3-8-12-22)18-23(28)27(24)17-20-9-5-4-6-10-20/h4-6,9-10,13-16,22,24H,2-3,7-8,11-12,17-18H2,1H3/t24-/m1/s1. The molecular weight excluding hydrogens is 360 g/mol. The van der Waals surface area contributed by atoms with Crippen molar-refractivity contribution in [1.29, 1.82) is 0 Å². The number of carbonyl (C=O) groups excluding carboxylic acids is 2. The zero-order valence-electron chi connectivity index (χ0n) is 17.2. The number of benzene rings is 2. The SMILES string of the molecule is Cc1ccc([C@@H]2C(=O)N(C3CCCCCC3)CC(=O)N2Cc2ccccc2)cc1. The second kappa shape index (κ2) is 8.81. The third-order valence-electron chi connectivity index (χ3n) is 6.31. The van der Waals surface area contributed by atoms with E-state index in [9.17, 15) is 9.59 Å². The van der Waals surface area contributed by atoms with Crippen LogP contribution in [-0.2, 0) is 16.1 Å². The predicted octanol–water partition coefficient (Wildman–Crippen LogP) is 4.63. The second-order valence-corrected chi connectivity index (χ2v) is 8.43. The fraction of sp³-hybridized carbons (Fsp3) is 0.440. The Bertz CT molecular complexity index is 839. The van der Waals surface area contributed by atoms with Crippen molar-refractivity contribution < 1.29 is 9.59 Å². The number of hydrogen-bond acceptors (Lipinski definition) is 2. The van der Waals surface area contributed by atoms with Crippen LogP contribution >= 0.6 is 0 Å². The van der Waals surface area contributed by atoms with Gasteiger partial charge < -0.3 is 9.80 Å². The van der Waals surface area contributed by atoms with Crippen LogP contribution in [0.25, 0.3) is 0 Å². The molecule has 29 heavy (non-hydrogen) atoms. The van der Waals surface area contributed by atoms with Crippen molar-refractivity contribution in [3.05, 3.63) is 71.3 Å². The number of aryl methyl sites for hydroxylation is 1. The van der Waals surface area contributed by atoms with E-state index in [1.54, 1.807) is 4.90 Å². The minimum Gasteiger partial charge on any atom is -0.328 e. The van der Waals surface area contributed by atoms with E-state index in [-0.39, 0.29) is 24.4 Å². The van der Waals surface area contributed by atoms with Crippen molar-refractivity contribution in [1.82, 2.24) is 9.80 Å². The van der Waals surface area contributed by atoms with E-state index in [0.717, 1.165) is 42.4 Å². The monoisotopic (exact) mass is 390 g/mol. The van der Waals surface area contributed by atoms with Gasteiger partial charge in [-0.25, -0.2) is 0 Å². The molecule has 0 N–H and O–H groups in total. The number of nitrogens with zero attached hydrogens (tertiary/aromatic N) is 2. The highest BCUT2D eigenvalue weighted by Crippen LogP contribution is 2.33. The Kier molecular flexibility index (Phi) is 5.98. The molecule has 4 rings (SSSR count). The molecule has 2 aliphatic rings. The molecule has 1 aliphatic heterocycles. The molecule has 0 aromatic heterocycles. The first-order valence-electron chi connectivity index (χ1n) is 10.8. The summed E-state index contributed by atoms with van der Waals surface area (Å²) >= 11 is 0. The molecular formula is C25H30N2O2. The summed E-state index contributed by atoms with van der Waals surface area (Å²) in [4.78, 5) is 30.6. The summed E-state index contributed by atoms with van der Waals surface area (Å²) in [6.07, 6.45) is 6.77. The second-order valence-electron chi connectivity index (χ2n) is 8.43. The summed E-state index contributed by atoms with van der Waals surface area (Å²) < 4.78 is 0. The minimum atomic E-state index is -0.541. The van der Waals surface area contributed by atoms with Crippen molar-refractivity contribution in [2.45, 2.75) is 64.1 Å². The van der Waals surface area contributed by atoms with Crippen LogP contribution in [0.1, 0.15) is 61.3 Å². The summed E-state index contributed by atoms with van der Waals surface area (Å²) in [5, 5.41) is 0. The zero-order chi connectivity index (χ0) is 20.2. The van der Waals surface area contributed by atoms with Gasteiger partial charge in [-0.2, -0.15) is 0 Å². The van der Waals surface area contributed by atoms with Gasteiger partial charge in [-0.15, -0.1) is 0 Å². The fourth-order valence-corrected chi connectivity index (χ4v) is 4.66. The van der Waals surface area contributed by atoms with Gasteiger partial charge in [0.15, 0.2) is 0 Å². The topological polar surface area (TPSA) is 40.6 Å². The van der Waals surface area contributed by atoms with Crippen LogP contribution in [0.5, 0.6) is 0 Å². The molecule has 152 valence electrons. The average molecular weight is 391 g/mol. The third-order valence-corrected chi connectivity index (χ3v) is 6.31. The summed E-state index contributed by atoms with van der Waals surface area (Å²) in [5.41, 5.74) is 3.11. The maximum absolute atomic E-state index is 13.7. The van der Waals surface area contributed by atoms with Gasteiger partial charge in [-0.3, -0.25) is 9.59 Å². The minimum absolute atomic E-state index is 0.0447. The average Bonchev–Trinajstić information content (AvgIpc) is 3.02. The Labute approximate surface area is 173 Å². The van der Waals surface area contributed by atoms with Crippen LogP contribution < -0.4 is 0 Å². The van der Waals surface area contributed by atoms with E-state index in [1.807, 2.05) is 66.4 Å². The molecule has 4 nitrogen and oxygen atoms in total. The van der Waals surface area contributed by atoms with E-state index >= 15 is 0 Å². The Morgan fingerprint density at radius 1 is 0.862 bits per heavy atom. The van der Waals surface area contributed by atoms with E-state index in [4.69, 9.17) is 0 Å². The quantitative estimate of drug-likeness (QED) is 0.714. The molecule has 0 spiro atoms. The lowest BCUT2D eigenvalue weighted by Gasteiger charge is -2.43. The van der Waals surface area contributed by atoms with Crippen molar-refractivity contribution >= 4 is 11.8 Å². The van der Waals surface area contributed by atoms with Gasteiger partial charge in [0.25, 0.3) is 5.91 Å². The Balaban J connectivity index is 1.66. The van der Waals surface area contributed by atoms with Gasteiger partial charge >= 0.3 is 0 Å². The Morgan fingerprint density at radius 3 is 2.17 bits per heavy atom. The van der Waals surface area contributed by atoms with Crippen LogP contribution in [-0.4, -0.2) is 34.2 Å². The zero-order valence-corrected chi connectivity index (χ0v) is 17.2. The molecule has 4 heteroatoms. The fourth-order valence-electron chi connectivity index (χ4n) is 4.66. The summed E-state index contributed by atoms with van der Waals surface area (Å²) in [7, 11) is 0. The first-order valence-corrected chi connectivity index (χ1v) is 10.8. The molecule has 0 unspecified atom stereocenters. The molecule has 1 saturated heterocycles. The highest BCUT2D eigenvalue weighted by molar-refractivity contribution is 5.95. The lowest BCUT2D eigenvalue weighted by Crippen LogP contribution is -2.57. The maximum atomic E-state index is 13.7. The number of piperazine rings is 1. The predicted molar refractivity (Wildman–Crippen MR) is 114 cm³/mol. The molecule has 0 radical (unpaired) electrons. The smallest absolute Gasteiger partial charge is 0.250 e. The van der Waals surface area contributed by atoms with Gasteiger partial charge in [0.05, 0.1) is 0 Å². The summed E-state index contributed by atoms with van der Waals surface area (Å²) in [5.74, 6) is 0.125. The molecule has 2 fully saturated rings. The maximum Gasteiger partial charge on any atom is 0.250 e. The van der Waals surface area contributed by atoms with Crippen LogP contribution in [0, 0.1) is 6.92 Å². The molecule has 1 aliphatic carbocycles. The number of rotatable bonds is 4. The Hall–Kier alpha value is -2.62. The van der Waals surface area contributed by atoms with Crippen LogP contribution in [0.15, 0.2) is 54.6 Å². The third kappa shape index (κ3) is 4.36. The van der Waals surface area contributed by atoms with E-state index < -0.39 is 6.04 Å². The van der Waals surface area contributed by atoms with Crippen LogP contribution in [0.4, 0.5) is 0 Å². The first kappa shape index (κ1) is 19.7. The van der Waals surface area contributed by atoms with Gasteiger partial charge in [0.2, 0.25) is 5.91 Å². The van der Waals surface area contributed by atoms with Gasteiger partial charge in [-0.05, 0) is 30.9 Å². The lowest BCUT2D eigenvalue weighted by atomic mass is 9.96. The Morgan fingerprint density at radius 2 is 1.52 bits per heavy atom. The molecule has 2 amide bonds. The molecule has 1 atom stereocenters. The lowest BCUT2D eigenvalue weighted by molar-refractivity contribution is -0.159. The number of amides is 2. The van der Waals surface area contributed by atoms with Crippen LogP contribution in [0.3, 0.4) is 0 Å². The van der Waals surface area contributed by atoms with E-state index in [2.05, 4.69) is 0 Å². The van der Waals surface area contributed by atoms with Crippen molar-refractivity contribution in [3.8, 4) is 0 Å². The largest absolute Gasteiger partial charge is 0.328 e.